The van der Waals surface area contributed by atoms with Crippen molar-refractivity contribution in [1.29, 1.82) is 0 Å². The molecule has 0 aromatic carbocycles. The van der Waals surface area contributed by atoms with E-state index in [-0.39, 0.29) is 17.9 Å². The molecule has 0 aromatic heterocycles. The molecule has 0 saturated heterocycles. The Morgan fingerprint density at radius 3 is 1.55 bits per heavy atom. The number of nitrogens with zero attached hydrogens (tertiary/aromatic N) is 3. The maximum Gasteiger partial charge on any atom is 0.306 e. The molecule has 280 valence electrons. The smallest absolute Gasteiger partial charge is 0.306 e. The van der Waals surface area contributed by atoms with E-state index in [9.17, 15) is 19.2 Å². The molecule has 0 bridgehead atoms. The molecule has 0 spiro atoms. The van der Waals surface area contributed by atoms with Gasteiger partial charge in [-0.05, 0) is 19.4 Å². The second-order valence-electron chi connectivity index (χ2n) is 9.81. The van der Waals surface area contributed by atoms with Crippen LogP contribution in [0.2, 0.25) is 0 Å². The zero-order valence-corrected chi connectivity index (χ0v) is 30.0. The van der Waals surface area contributed by atoms with Crippen LogP contribution in [0.1, 0.15) is 45.4 Å². The monoisotopic (exact) mass is 684 g/mol. The Labute approximate surface area is 282 Å². The van der Waals surface area contributed by atoms with Crippen LogP contribution in [0.25, 0.3) is 0 Å². The molecular weight excluding hydrogens is 620 g/mol. The standard InChI is InChI=1S/C20H41N3O7.C10H19NO4.CH4O/c1-26-19-29-17-5-11-23(13-7-20(25)27-2)15-9-21-8-14-22(10-4-16-24)12-6-18-30-28-3;1-4-11(7-5-9(12)14-2)8-6-10(13)15-3;1-2/h16,21H,4-15,17-19H2,1-3H3;4-8H2,1-3H3;2H,1H3. The highest BCUT2D eigenvalue weighted by Gasteiger charge is 2.10. The van der Waals surface area contributed by atoms with Crippen molar-refractivity contribution < 1.29 is 57.7 Å². The first-order valence-corrected chi connectivity index (χ1v) is 16.0. The number of aldehydes is 1. The van der Waals surface area contributed by atoms with Gasteiger partial charge in [0.05, 0.1) is 60.9 Å². The first-order valence-electron chi connectivity index (χ1n) is 16.0. The molecule has 0 radical (unpaired) electrons. The number of hydrogen-bond acceptors (Lipinski definition) is 16. The predicted molar refractivity (Wildman–Crippen MR) is 177 cm³/mol. The van der Waals surface area contributed by atoms with Gasteiger partial charge in [-0.2, -0.15) is 0 Å². The Kier molecular flexibility index (Phi) is 41.7. The molecule has 0 fully saturated rings. The van der Waals surface area contributed by atoms with Gasteiger partial charge >= 0.3 is 17.9 Å². The number of methoxy groups -OCH3 is 4. The predicted octanol–water partition coefficient (Wildman–Crippen LogP) is 0.354. The minimum atomic E-state index is -0.230. The maximum atomic E-state index is 11.4. The van der Waals surface area contributed by atoms with Crippen molar-refractivity contribution in [3.8, 4) is 0 Å². The third kappa shape index (κ3) is 36.4. The van der Waals surface area contributed by atoms with E-state index in [0.29, 0.717) is 65.3 Å². The van der Waals surface area contributed by atoms with E-state index in [4.69, 9.17) is 24.2 Å². The highest BCUT2D eigenvalue weighted by atomic mass is 17.2. The summed E-state index contributed by atoms with van der Waals surface area (Å²) in [6.07, 6.45) is 4.27. The van der Waals surface area contributed by atoms with Crippen LogP contribution >= 0.6 is 0 Å². The summed E-state index contributed by atoms with van der Waals surface area (Å²) < 4.78 is 24.0. The fourth-order valence-corrected chi connectivity index (χ4v) is 3.95. The molecule has 0 atom stereocenters. The van der Waals surface area contributed by atoms with Crippen LogP contribution < -0.4 is 5.32 Å². The quantitative estimate of drug-likeness (QED) is 0.0202. The van der Waals surface area contributed by atoms with Crippen LogP contribution in [0.15, 0.2) is 0 Å². The van der Waals surface area contributed by atoms with E-state index in [1.165, 1.54) is 28.4 Å². The number of carbonyl (C=O) groups excluding carboxylic acids is 4. The molecule has 16 heteroatoms. The minimum absolute atomic E-state index is 0.202. The lowest BCUT2D eigenvalue weighted by Gasteiger charge is -2.24. The number of rotatable bonds is 30. The van der Waals surface area contributed by atoms with Gasteiger partial charge in [0, 0.05) is 86.1 Å². The van der Waals surface area contributed by atoms with Gasteiger partial charge in [-0.15, -0.1) is 0 Å². The number of aliphatic hydroxyl groups is 1. The zero-order chi connectivity index (χ0) is 36.0. The molecule has 0 saturated carbocycles. The van der Waals surface area contributed by atoms with Crippen LogP contribution in [-0.2, 0) is 52.6 Å². The summed E-state index contributed by atoms with van der Waals surface area (Å²) in [6.45, 7) is 11.9. The van der Waals surface area contributed by atoms with Crippen molar-refractivity contribution in [1.82, 2.24) is 20.0 Å². The number of carbonyl (C=O) groups is 4. The number of hydrogen-bond donors (Lipinski definition) is 2. The van der Waals surface area contributed by atoms with Crippen LogP contribution in [0.4, 0.5) is 0 Å². The van der Waals surface area contributed by atoms with E-state index in [2.05, 4.69) is 29.5 Å². The van der Waals surface area contributed by atoms with E-state index in [1.54, 1.807) is 7.11 Å². The van der Waals surface area contributed by atoms with Crippen LogP contribution in [-0.4, -0.2) is 179 Å². The summed E-state index contributed by atoms with van der Waals surface area (Å²) in [5, 5.41) is 10.4. The average molecular weight is 685 g/mol. The van der Waals surface area contributed by atoms with Crippen molar-refractivity contribution >= 4 is 24.2 Å². The molecule has 0 rings (SSSR count). The summed E-state index contributed by atoms with van der Waals surface area (Å²) in [5.74, 6) is -0.662. The molecule has 0 aliphatic carbocycles. The average Bonchev–Trinajstić information content (AvgIpc) is 3.10. The van der Waals surface area contributed by atoms with Crippen LogP contribution in [0, 0.1) is 0 Å². The number of nitrogens with one attached hydrogen (secondary N) is 1. The van der Waals surface area contributed by atoms with Gasteiger partial charge in [0.1, 0.15) is 13.1 Å². The van der Waals surface area contributed by atoms with Gasteiger partial charge in [-0.25, -0.2) is 9.78 Å². The van der Waals surface area contributed by atoms with Gasteiger partial charge in [-0.1, -0.05) is 6.92 Å². The van der Waals surface area contributed by atoms with Crippen molar-refractivity contribution in [2.75, 3.05) is 135 Å². The summed E-state index contributed by atoms with van der Waals surface area (Å²) in [5.41, 5.74) is 0. The molecule has 47 heavy (non-hydrogen) atoms. The maximum absolute atomic E-state index is 11.4. The van der Waals surface area contributed by atoms with Crippen molar-refractivity contribution in [2.24, 2.45) is 0 Å². The first-order chi connectivity index (χ1) is 22.8. The van der Waals surface area contributed by atoms with Crippen molar-refractivity contribution in [2.45, 2.75) is 45.4 Å². The van der Waals surface area contributed by atoms with E-state index < -0.39 is 0 Å². The van der Waals surface area contributed by atoms with Gasteiger partial charge < -0.3 is 53.6 Å². The second kappa shape index (κ2) is 39.9. The van der Waals surface area contributed by atoms with Gasteiger partial charge in [-0.3, -0.25) is 14.4 Å². The number of aliphatic hydroxyl groups excluding tert-OH is 1. The Bertz CT molecular complexity index is 702. The van der Waals surface area contributed by atoms with Crippen molar-refractivity contribution in [3.63, 3.8) is 0 Å². The molecule has 0 heterocycles. The Morgan fingerprint density at radius 1 is 0.660 bits per heavy atom. The third-order valence-electron chi connectivity index (χ3n) is 6.58. The lowest BCUT2D eigenvalue weighted by molar-refractivity contribution is -0.272. The van der Waals surface area contributed by atoms with Gasteiger partial charge in [0.15, 0.2) is 0 Å². The summed E-state index contributed by atoms with van der Waals surface area (Å²) in [4.78, 5) is 59.8. The SMILES string of the molecule is CCN(CCC(=O)OC)CCC(=O)OC.CO.COCOCCCN(CCNCCN(CCC=O)CCCOOC)CCC(=O)OC. The molecular formula is C31H64N4O12. The summed E-state index contributed by atoms with van der Waals surface area (Å²) in [7, 11) is 8.24. The van der Waals surface area contributed by atoms with Gasteiger partial charge in [0.2, 0.25) is 0 Å². The summed E-state index contributed by atoms with van der Waals surface area (Å²) >= 11 is 0. The van der Waals surface area contributed by atoms with E-state index >= 15 is 0 Å². The van der Waals surface area contributed by atoms with Crippen LogP contribution in [0.5, 0.6) is 0 Å². The summed E-state index contributed by atoms with van der Waals surface area (Å²) in [6, 6.07) is 0. The number of esters is 3. The second-order valence-corrected chi connectivity index (χ2v) is 9.81. The highest BCUT2D eigenvalue weighted by molar-refractivity contribution is 5.70. The largest absolute Gasteiger partial charge is 0.469 e. The molecule has 0 amide bonds. The van der Waals surface area contributed by atoms with Gasteiger partial charge in [0.25, 0.3) is 0 Å². The molecule has 2 N–H and O–H groups in total. The Balaban J connectivity index is -0.000000953. The Hall–Kier alpha value is -2.28. The molecule has 0 aliphatic rings. The molecule has 16 nitrogen and oxygen atoms in total. The molecule has 0 unspecified atom stereocenters. The third-order valence-corrected chi connectivity index (χ3v) is 6.58. The topological polar surface area (TPSA) is 175 Å². The van der Waals surface area contributed by atoms with E-state index in [0.717, 1.165) is 78.6 Å². The lowest BCUT2D eigenvalue weighted by Crippen LogP contribution is -2.38. The minimum Gasteiger partial charge on any atom is -0.469 e. The normalized spacial score (nSPS) is 10.6. The Morgan fingerprint density at radius 2 is 1.13 bits per heavy atom. The van der Waals surface area contributed by atoms with Crippen LogP contribution in [0.3, 0.4) is 0 Å². The fourth-order valence-electron chi connectivity index (χ4n) is 3.95. The zero-order valence-electron chi connectivity index (χ0n) is 30.0. The molecule has 0 aromatic rings. The lowest BCUT2D eigenvalue weighted by atomic mass is 10.3. The van der Waals surface area contributed by atoms with E-state index in [1.807, 2.05) is 11.8 Å². The van der Waals surface area contributed by atoms with Crippen molar-refractivity contribution in [3.05, 3.63) is 0 Å². The molecule has 0 aliphatic heterocycles. The number of ether oxygens (including phenoxy) is 5. The first kappa shape index (κ1) is 49.1. The highest BCUT2D eigenvalue weighted by Crippen LogP contribution is 1.98. The fraction of sp³-hybridized carbons (Fsp3) is 0.871.